The lowest BCUT2D eigenvalue weighted by Gasteiger charge is -2.19. The number of aromatic nitrogens is 4. The molecule has 6 nitrogen and oxygen atoms in total. The Hall–Kier alpha value is -2.56. The smallest absolute Gasteiger partial charge is 0.153 e. The first-order valence-corrected chi connectivity index (χ1v) is 6.98. The van der Waals surface area contributed by atoms with Crippen LogP contribution in [0.3, 0.4) is 0 Å². The molecule has 0 bridgehead atoms. The van der Waals surface area contributed by atoms with E-state index >= 15 is 0 Å². The van der Waals surface area contributed by atoms with Crippen LogP contribution in [0, 0.1) is 11.3 Å². The summed E-state index contributed by atoms with van der Waals surface area (Å²) in [5.74, 6) is 0. The van der Waals surface area contributed by atoms with Gasteiger partial charge in [-0.05, 0) is 30.7 Å². The normalized spacial score (nSPS) is 13.6. The third kappa shape index (κ3) is 2.42. The van der Waals surface area contributed by atoms with Crippen molar-refractivity contribution < 1.29 is 5.11 Å². The van der Waals surface area contributed by atoms with Gasteiger partial charge in [-0.1, -0.05) is 11.3 Å². The van der Waals surface area contributed by atoms with Gasteiger partial charge in [0.05, 0.1) is 0 Å². The Morgan fingerprint density at radius 3 is 2.76 bits per heavy atom. The molecule has 0 saturated heterocycles. The van der Waals surface area contributed by atoms with Crippen molar-refractivity contribution in [2.45, 2.75) is 12.5 Å². The lowest BCUT2D eigenvalue weighted by atomic mass is 9.98. The summed E-state index contributed by atoms with van der Waals surface area (Å²) in [6.07, 6.45) is 4.94. The lowest BCUT2D eigenvalue weighted by Crippen LogP contribution is -2.22. The number of hydrogen-bond donors (Lipinski definition) is 2. The molecular weight excluding hydrogens is 286 g/mol. The topological polar surface area (TPSA) is 98.5 Å². The standard InChI is InChI=1S/C14H11N5OS/c1-14(20,10-2-4-16-5-3-10)13-19-18-12(21-13)9-6-11(7-15)17-8-9/h2-6,8,17,20H,1H3. The molecule has 0 aliphatic rings. The number of rotatable bonds is 3. The van der Waals surface area contributed by atoms with Gasteiger partial charge in [-0.3, -0.25) is 4.98 Å². The fraction of sp³-hybridized carbons (Fsp3) is 0.143. The van der Waals surface area contributed by atoms with E-state index in [1.807, 2.05) is 6.07 Å². The van der Waals surface area contributed by atoms with E-state index in [0.717, 1.165) is 5.56 Å². The van der Waals surface area contributed by atoms with Crippen molar-refractivity contribution in [2.75, 3.05) is 0 Å². The van der Waals surface area contributed by atoms with Crippen LogP contribution in [0.1, 0.15) is 23.2 Å². The molecule has 0 fully saturated rings. The summed E-state index contributed by atoms with van der Waals surface area (Å²) in [6.45, 7) is 1.67. The van der Waals surface area contributed by atoms with Crippen molar-refractivity contribution in [1.29, 1.82) is 5.26 Å². The summed E-state index contributed by atoms with van der Waals surface area (Å²) >= 11 is 1.29. The van der Waals surface area contributed by atoms with Gasteiger partial charge in [0.2, 0.25) is 0 Å². The lowest BCUT2D eigenvalue weighted by molar-refractivity contribution is 0.101. The minimum Gasteiger partial charge on any atom is -0.378 e. The van der Waals surface area contributed by atoms with Crippen LogP contribution < -0.4 is 0 Å². The van der Waals surface area contributed by atoms with Crippen molar-refractivity contribution in [3.63, 3.8) is 0 Å². The molecule has 0 aliphatic heterocycles. The van der Waals surface area contributed by atoms with Gasteiger partial charge in [-0.2, -0.15) is 5.26 Å². The molecule has 0 radical (unpaired) electrons. The maximum Gasteiger partial charge on any atom is 0.153 e. The van der Waals surface area contributed by atoms with E-state index in [9.17, 15) is 5.11 Å². The molecular formula is C14H11N5OS. The van der Waals surface area contributed by atoms with Crippen LogP contribution >= 0.6 is 11.3 Å². The van der Waals surface area contributed by atoms with Crippen molar-refractivity contribution in [3.05, 3.63) is 53.1 Å². The zero-order chi connectivity index (χ0) is 14.9. The Bertz CT molecular complexity index is 800. The zero-order valence-electron chi connectivity index (χ0n) is 11.1. The van der Waals surface area contributed by atoms with Crippen LogP contribution in [0.4, 0.5) is 0 Å². The van der Waals surface area contributed by atoms with Gasteiger partial charge in [-0.15, -0.1) is 10.2 Å². The minimum absolute atomic E-state index is 0.461. The highest BCUT2D eigenvalue weighted by molar-refractivity contribution is 7.14. The number of nitrogens with zero attached hydrogens (tertiary/aromatic N) is 4. The highest BCUT2D eigenvalue weighted by Crippen LogP contribution is 2.34. The van der Waals surface area contributed by atoms with Crippen LogP contribution in [-0.4, -0.2) is 25.3 Å². The first-order valence-electron chi connectivity index (χ1n) is 6.17. The molecule has 3 aromatic heterocycles. The maximum absolute atomic E-state index is 10.7. The molecule has 2 N–H and O–H groups in total. The molecule has 0 spiro atoms. The summed E-state index contributed by atoms with van der Waals surface area (Å²) < 4.78 is 0. The van der Waals surface area contributed by atoms with Gasteiger partial charge < -0.3 is 10.1 Å². The predicted molar refractivity (Wildman–Crippen MR) is 77.3 cm³/mol. The number of aromatic amines is 1. The van der Waals surface area contributed by atoms with E-state index in [4.69, 9.17) is 5.26 Å². The fourth-order valence-corrected chi connectivity index (χ4v) is 2.82. The van der Waals surface area contributed by atoms with E-state index in [2.05, 4.69) is 20.2 Å². The SMILES string of the molecule is CC(O)(c1ccncc1)c1nnc(-c2c[nH]c(C#N)c2)s1. The quantitative estimate of drug-likeness (QED) is 0.771. The van der Waals surface area contributed by atoms with Crippen molar-refractivity contribution in [3.8, 4) is 16.6 Å². The van der Waals surface area contributed by atoms with Crippen LogP contribution in [0.5, 0.6) is 0 Å². The van der Waals surface area contributed by atoms with E-state index in [1.54, 1.807) is 43.7 Å². The average Bonchev–Trinajstić information content (AvgIpc) is 3.17. The van der Waals surface area contributed by atoms with Crippen LogP contribution in [-0.2, 0) is 5.60 Å². The zero-order valence-corrected chi connectivity index (χ0v) is 11.9. The van der Waals surface area contributed by atoms with E-state index < -0.39 is 5.60 Å². The molecule has 3 aromatic rings. The summed E-state index contributed by atoms with van der Waals surface area (Å²) in [4.78, 5) is 6.78. The average molecular weight is 297 g/mol. The second kappa shape index (κ2) is 5.09. The summed E-state index contributed by atoms with van der Waals surface area (Å²) in [7, 11) is 0. The Morgan fingerprint density at radius 2 is 2.10 bits per heavy atom. The van der Waals surface area contributed by atoms with Crippen LogP contribution in [0.2, 0.25) is 0 Å². The Labute approximate surface area is 124 Å². The molecule has 3 rings (SSSR count). The summed E-state index contributed by atoms with van der Waals surface area (Å²) in [5, 5.41) is 28.8. The number of nitriles is 1. The van der Waals surface area contributed by atoms with Crippen LogP contribution in [0.15, 0.2) is 36.8 Å². The van der Waals surface area contributed by atoms with Crippen molar-refractivity contribution in [2.24, 2.45) is 0 Å². The van der Waals surface area contributed by atoms with Gasteiger partial charge in [0.1, 0.15) is 22.4 Å². The second-order valence-electron chi connectivity index (χ2n) is 4.63. The number of H-pyrrole nitrogens is 1. The number of aliphatic hydroxyl groups is 1. The molecule has 1 unspecified atom stereocenters. The highest BCUT2D eigenvalue weighted by Gasteiger charge is 2.30. The third-order valence-electron chi connectivity index (χ3n) is 3.13. The van der Waals surface area contributed by atoms with Gasteiger partial charge in [-0.25, -0.2) is 0 Å². The van der Waals surface area contributed by atoms with Gasteiger partial charge in [0.15, 0.2) is 5.01 Å². The third-order valence-corrected chi connectivity index (χ3v) is 4.32. The molecule has 3 heterocycles. The molecule has 0 aliphatic carbocycles. The Morgan fingerprint density at radius 1 is 1.33 bits per heavy atom. The molecule has 0 amide bonds. The maximum atomic E-state index is 10.7. The number of hydrogen-bond acceptors (Lipinski definition) is 6. The van der Waals surface area contributed by atoms with Gasteiger partial charge >= 0.3 is 0 Å². The minimum atomic E-state index is -1.23. The molecule has 1 atom stereocenters. The largest absolute Gasteiger partial charge is 0.378 e. The van der Waals surface area contributed by atoms with Gasteiger partial charge in [0, 0.05) is 24.2 Å². The van der Waals surface area contributed by atoms with Crippen molar-refractivity contribution in [1.82, 2.24) is 20.2 Å². The fourth-order valence-electron chi connectivity index (χ4n) is 1.92. The predicted octanol–water partition coefficient (Wildman–Crippen LogP) is 2.06. The molecule has 0 aromatic carbocycles. The first-order chi connectivity index (χ1) is 10.1. The van der Waals surface area contributed by atoms with Crippen LogP contribution in [0.25, 0.3) is 10.6 Å². The molecule has 21 heavy (non-hydrogen) atoms. The summed E-state index contributed by atoms with van der Waals surface area (Å²) in [6, 6.07) is 7.21. The highest BCUT2D eigenvalue weighted by atomic mass is 32.1. The van der Waals surface area contributed by atoms with Gasteiger partial charge in [0.25, 0.3) is 0 Å². The van der Waals surface area contributed by atoms with Crippen molar-refractivity contribution >= 4 is 11.3 Å². The summed E-state index contributed by atoms with van der Waals surface area (Å²) in [5.41, 5.74) is 0.711. The van der Waals surface area contributed by atoms with E-state index in [1.165, 1.54) is 11.3 Å². The monoisotopic (exact) mass is 297 g/mol. The number of pyridine rings is 1. The molecule has 104 valence electrons. The second-order valence-corrected chi connectivity index (χ2v) is 5.61. The molecule has 0 saturated carbocycles. The first kappa shape index (κ1) is 13.4. The number of nitrogens with one attached hydrogen (secondary N) is 1. The Balaban J connectivity index is 1.96. The molecule has 7 heteroatoms. The van der Waals surface area contributed by atoms with E-state index in [0.29, 0.717) is 21.3 Å². The Kier molecular flexibility index (Phi) is 3.25. The van der Waals surface area contributed by atoms with E-state index in [-0.39, 0.29) is 0 Å².